The van der Waals surface area contributed by atoms with Gasteiger partial charge in [0, 0.05) is 17.6 Å². The van der Waals surface area contributed by atoms with Crippen LogP contribution in [-0.4, -0.2) is 39.4 Å². The van der Waals surface area contributed by atoms with Crippen LogP contribution in [0.2, 0.25) is 5.02 Å². The van der Waals surface area contributed by atoms with Crippen molar-refractivity contribution >= 4 is 39.6 Å². The molecule has 2 heterocycles. The minimum Gasteiger partial charge on any atom is -0.463 e. The van der Waals surface area contributed by atoms with Crippen LogP contribution in [0.15, 0.2) is 45.0 Å². The second kappa shape index (κ2) is 9.53. The van der Waals surface area contributed by atoms with E-state index in [-0.39, 0.29) is 25.0 Å². The molecule has 2 aromatic rings. The van der Waals surface area contributed by atoms with Crippen molar-refractivity contribution in [1.82, 2.24) is 9.55 Å². The number of hydrogen-bond acceptors (Lipinski definition) is 6. The molecule has 0 saturated carbocycles. The van der Waals surface area contributed by atoms with Crippen molar-refractivity contribution in [2.24, 2.45) is 0 Å². The topological polar surface area (TPSA) is 111 Å². The Bertz CT molecular complexity index is 1030. The Kier molecular flexibility index (Phi) is 7.07. The van der Waals surface area contributed by atoms with Gasteiger partial charge in [-0.1, -0.05) is 45.7 Å². The molecule has 0 radical (unpaired) electrons. The molecule has 0 spiro atoms. The van der Waals surface area contributed by atoms with Gasteiger partial charge in [-0.25, -0.2) is 4.79 Å². The Morgan fingerprint density at radius 1 is 1.41 bits per heavy atom. The van der Waals surface area contributed by atoms with Gasteiger partial charge in [0.2, 0.25) is 0 Å². The van der Waals surface area contributed by atoms with Crippen molar-refractivity contribution in [3.05, 3.63) is 72.4 Å². The molecule has 0 amide bonds. The monoisotopic (exact) mass is 484 g/mol. The fourth-order valence-corrected chi connectivity index (χ4v) is 3.45. The zero-order valence-corrected chi connectivity index (χ0v) is 17.4. The number of rotatable bonds is 6. The Labute approximate surface area is 178 Å². The summed E-state index contributed by atoms with van der Waals surface area (Å²) < 4.78 is 12.1. The van der Waals surface area contributed by atoms with Crippen LogP contribution in [0.1, 0.15) is 23.8 Å². The number of benzene rings is 1. The number of H-pyrrole nitrogens is 1. The van der Waals surface area contributed by atoms with E-state index in [1.54, 1.807) is 24.3 Å². The summed E-state index contributed by atoms with van der Waals surface area (Å²) >= 11 is 9.11. The Balaban J connectivity index is 1.63. The summed E-state index contributed by atoms with van der Waals surface area (Å²) in [6.07, 6.45) is 0.385. The zero-order chi connectivity index (χ0) is 21.0. The van der Waals surface area contributed by atoms with Crippen LogP contribution in [0.4, 0.5) is 0 Å². The van der Waals surface area contributed by atoms with Gasteiger partial charge in [0.25, 0.3) is 5.56 Å². The standard InChI is InChI=1S/C19H18BrClN2O6/c20-6-5-12-9-23(19(27)22-18(12)26)16-8-14(24)15(29-16)10-28-17(25)7-11-3-1-2-4-13(11)21/h1-6,9,14-16,24H,7-8,10H2,(H,22,26,27)/b6-5+/t14-,15+,16+/m0/s1. The van der Waals surface area contributed by atoms with E-state index < -0.39 is 35.7 Å². The molecule has 8 nitrogen and oxygen atoms in total. The third kappa shape index (κ3) is 5.24. The molecule has 1 fully saturated rings. The SMILES string of the molecule is O=C(Cc1ccccc1Cl)OC[C@H]1O[C@@H](n2cc(/C=C/Br)c(=O)[nH]c2=O)C[C@@H]1O. The summed E-state index contributed by atoms with van der Waals surface area (Å²) in [5, 5.41) is 10.7. The van der Waals surface area contributed by atoms with Gasteiger partial charge in [0.05, 0.1) is 18.1 Å². The highest BCUT2D eigenvalue weighted by molar-refractivity contribution is 9.11. The number of esters is 1. The van der Waals surface area contributed by atoms with Crippen LogP contribution in [-0.2, 0) is 20.7 Å². The average molecular weight is 486 g/mol. The first-order valence-corrected chi connectivity index (χ1v) is 10.0. The summed E-state index contributed by atoms with van der Waals surface area (Å²) in [4.78, 5) is 39.6. The van der Waals surface area contributed by atoms with E-state index in [0.29, 0.717) is 10.6 Å². The lowest BCUT2D eigenvalue weighted by Crippen LogP contribution is -2.33. The van der Waals surface area contributed by atoms with Crippen LogP contribution < -0.4 is 11.2 Å². The van der Waals surface area contributed by atoms with Crippen molar-refractivity contribution in [1.29, 1.82) is 0 Å². The van der Waals surface area contributed by atoms with Gasteiger partial charge in [-0.05, 0) is 22.7 Å². The normalized spacial score (nSPS) is 21.6. The van der Waals surface area contributed by atoms with E-state index in [1.165, 1.54) is 21.8 Å². The number of carbonyl (C=O) groups excluding carboxylic acids is 1. The van der Waals surface area contributed by atoms with Gasteiger partial charge >= 0.3 is 11.7 Å². The van der Waals surface area contributed by atoms with Crippen LogP contribution in [0.25, 0.3) is 6.08 Å². The number of aromatic amines is 1. The molecule has 2 N–H and O–H groups in total. The number of nitrogens with zero attached hydrogens (tertiary/aromatic N) is 1. The lowest BCUT2D eigenvalue weighted by Gasteiger charge is -2.16. The number of aliphatic hydroxyl groups excluding tert-OH is 1. The number of halogens is 2. The van der Waals surface area contributed by atoms with Crippen LogP contribution in [0, 0.1) is 0 Å². The third-order valence-electron chi connectivity index (χ3n) is 4.45. The highest BCUT2D eigenvalue weighted by atomic mass is 79.9. The molecule has 154 valence electrons. The van der Waals surface area contributed by atoms with E-state index in [2.05, 4.69) is 20.9 Å². The van der Waals surface area contributed by atoms with E-state index in [1.807, 2.05) is 0 Å². The van der Waals surface area contributed by atoms with E-state index in [0.717, 1.165) is 0 Å². The first kappa shape index (κ1) is 21.5. The summed E-state index contributed by atoms with van der Waals surface area (Å²) in [6.45, 7) is -0.173. The van der Waals surface area contributed by atoms with Crippen LogP contribution in [0.3, 0.4) is 0 Å². The molecule has 10 heteroatoms. The van der Waals surface area contributed by atoms with Gasteiger partial charge in [-0.2, -0.15) is 0 Å². The number of aliphatic hydroxyl groups is 1. The predicted octanol–water partition coefficient (Wildman–Crippen LogP) is 1.99. The number of aromatic nitrogens is 2. The number of hydrogen-bond donors (Lipinski definition) is 2. The second-order valence-corrected chi connectivity index (χ2v) is 7.36. The minimum atomic E-state index is -0.942. The molecular weight excluding hydrogens is 468 g/mol. The Morgan fingerprint density at radius 3 is 2.90 bits per heavy atom. The average Bonchev–Trinajstić information content (AvgIpc) is 3.04. The predicted molar refractivity (Wildman–Crippen MR) is 110 cm³/mol. The second-order valence-electron chi connectivity index (χ2n) is 6.43. The maximum atomic E-state index is 12.1. The van der Waals surface area contributed by atoms with Gasteiger partial charge in [0.1, 0.15) is 18.9 Å². The van der Waals surface area contributed by atoms with E-state index in [4.69, 9.17) is 21.1 Å². The first-order valence-electron chi connectivity index (χ1n) is 8.74. The molecule has 0 bridgehead atoms. The molecule has 29 heavy (non-hydrogen) atoms. The highest BCUT2D eigenvalue weighted by Gasteiger charge is 2.36. The molecule has 1 saturated heterocycles. The van der Waals surface area contributed by atoms with Gasteiger partial charge < -0.3 is 14.6 Å². The number of nitrogens with one attached hydrogen (secondary N) is 1. The molecule has 3 rings (SSSR count). The molecule has 1 aliphatic heterocycles. The number of carbonyl (C=O) groups is 1. The molecule has 0 unspecified atom stereocenters. The van der Waals surface area contributed by atoms with E-state index in [9.17, 15) is 19.5 Å². The highest BCUT2D eigenvalue weighted by Crippen LogP contribution is 2.28. The smallest absolute Gasteiger partial charge is 0.330 e. The van der Waals surface area contributed by atoms with Crippen molar-refractivity contribution in [2.75, 3.05) is 6.61 Å². The van der Waals surface area contributed by atoms with Crippen LogP contribution in [0.5, 0.6) is 0 Å². The summed E-state index contributed by atoms with van der Waals surface area (Å²) in [5.74, 6) is -0.511. The zero-order valence-electron chi connectivity index (χ0n) is 15.1. The largest absolute Gasteiger partial charge is 0.463 e. The molecule has 1 aromatic carbocycles. The lowest BCUT2D eigenvalue weighted by atomic mass is 10.1. The van der Waals surface area contributed by atoms with Crippen molar-refractivity contribution in [3.8, 4) is 0 Å². The number of ether oxygens (including phenoxy) is 2. The first-order chi connectivity index (χ1) is 13.9. The summed E-state index contributed by atoms with van der Waals surface area (Å²) in [5.41, 5.74) is -0.313. The van der Waals surface area contributed by atoms with Crippen LogP contribution >= 0.6 is 27.5 Å². The quantitative estimate of drug-likeness (QED) is 0.606. The fraction of sp³-hybridized carbons (Fsp3) is 0.316. The van der Waals surface area contributed by atoms with E-state index >= 15 is 0 Å². The van der Waals surface area contributed by atoms with Crippen molar-refractivity contribution < 1.29 is 19.4 Å². The molecule has 0 aliphatic carbocycles. The summed E-state index contributed by atoms with van der Waals surface area (Å²) in [7, 11) is 0. The maximum Gasteiger partial charge on any atom is 0.330 e. The Hall–Kier alpha value is -2.20. The van der Waals surface area contributed by atoms with Gasteiger partial charge in [0.15, 0.2) is 0 Å². The fourth-order valence-electron chi connectivity index (χ4n) is 2.96. The molecule has 3 atom stereocenters. The Morgan fingerprint density at radius 2 is 2.17 bits per heavy atom. The van der Waals surface area contributed by atoms with Crippen molar-refractivity contribution in [2.45, 2.75) is 31.3 Å². The summed E-state index contributed by atoms with van der Waals surface area (Å²) in [6, 6.07) is 6.93. The van der Waals surface area contributed by atoms with Gasteiger partial charge in [-0.15, -0.1) is 0 Å². The minimum absolute atomic E-state index is 0.00641. The van der Waals surface area contributed by atoms with Gasteiger partial charge in [-0.3, -0.25) is 19.1 Å². The third-order valence-corrected chi connectivity index (χ3v) is 5.09. The molecule has 1 aromatic heterocycles. The van der Waals surface area contributed by atoms with Crippen molar-refractivity contribution in [3.63, 3.8) is 0 Å². The molecular formula is C19H18BrClN2O6. The maximum absolute atomic E-state index is 12.1. The molecule has 1 aliphatic rings. The lowest BCUT2D eigenvalue weighted by molar-refractivity contribution is -0.149.